The van der Waals surface area contributed by atoms with Gasteiger partial charge in [0.25, 0.3) is 5.91 Å². The third kappa shape index (κ3) is 4.42. The second kappa shape index (κ2) is 7.14. The van der Waals surface area contributed by atoms with Gasteiger partial charge < -0.3 is 20.1 Å². The van der Waals surface area contributed by atoms with E-state index in [9.17, 15) is 4.79 Å². The maximum atomic E-state index is 11.4. The lowest BCUT2D eigenvalue weighted by Gasteiger charge is -2.12. The maximum Gasteiger partial charge on any atom is 0.257 e. The molecule has 1 fully saturated rings. The summed E-state index contributed by atoms with van der Waals surface area (Å²) >= 11 is 0. The Morgan fingerprint density at radius 2 is 2.15 bits per heavy atom. The van der Waals surface area contributed by atoms with E-state index in [1.165, 1.54) is 12.8 Å². The van der Waals surface area contributed by atoms with Gasteiger partial charge >= 0.3 is 0 Å². The fourth-order valence-corrected chi connectivity index (χ4v) is 1.89. The van der Waals surface area contributed by atoms with E-state index in [4.69, 9.17) is 9.47 Å². The van der Waals surface area contributed by atoms with Crippen LogP contribution in [-0.2, 0) is 11.3 Å². The summed E-state index contributed by atoms with van der Waals surface area (Å²) in [7, 11) is 1.59. The van der Waals surface area contributed by atoms with Crippen LogP contribution in [0.25, 0.3) is 0 Å². The van der Waals surface area contributed by atoms with E-state index in [-0.39, 0.29) is 12.5 Å². The lowest BCUT2D eigenvalue weighted by molar-refractivity contribution is -0.123. The van der Waals surface area contributed by atoms with Crippen LogP contribution < -0.4 is 20.1 Å². The maximum absolute atomic E-state index is 11.4. The second-order valence-corrected chi connectivity index (χ2v) is 4.88. The standard InChI is InChI=1S/C15H22N2O3/c1-3-16-15(18)10-20-14-8-11(4-7-13(14)19-2)9-17-12-5-6-12/h4,7-8,12,17H,3,5-6,9-10H2,1-2H3,(H,16,18). The molecule has 5 heteroatoms. The molecule has 0 heterocycles. The molecule has 20 heavy (non-hydrogen) atoms. The fraction of sp³-hybridized carbons (Fsp3) is 0.533. The predicted molar refractivity (Wildman–Crippen MR) is 77.0 cm³/mol. The summed E-state index contributed by atoms with van der Waals surface area (Å²) in [5.41, 5.74) is 1.13. The minimum atomic E-state index is -0.129. The Bertz CT molecular complexity index is 458. The smallest absolute Gasteiger partial charge is 0.257 e. The van der Waals surface area contributed by atoms with Crippen molar-refractivity contribution in [3.63, 3.8) is 0 Å². The molecule has 0 saturated heterocycles. The number of carbonyl (C=O) groups excluding carboxylic acids is 1. The number of benzene rings is 1. The zero-order valence-electron chi connectivity index (χ0n) is 12.1. The normalized spacial score (nSPS) is 13.9. The molecule has 110 valence electrons. The molecule has 0 atom stereocenters. The van der Waals surface area contributed by atoms with Gasteiger partial charge in [0.15, 0.2) is 18.1 Å². The molecule has 0 aliphatic heterocycles. The molecule has 2 rings (SSSR count). The van der Waals surface area contributed by atoms with E-state index in [0.29, 0.717) is 24.1 Å². The summed E-state index contributed by atoms with van der Waals surface area (Å²) in [5, 5.41) is 6.15. The molecule has 0 aromatic heterocycles. The molecule has 1 aromatic carbocycles. The molecule has 1 aliphatic carbocycles. The van der Waals surface area contributed by atoms with Crippen LogP contribution >= 0.6 is 0 Å². The second-order valence-electron chi connectivity index (χ2n) is 4.88. The minimum Gasteiger partial charge on any atom is -0.493 e. The van der Waals surface area contributed by atoms with E-state index in [2.05, 4.69) is 10.6 Å². The van der Waals surface area contributed by atoms with Crippen LogP contribution in [0.3, 0.4) is 0 Å². The first-order valence-corrected chi connectivity index (χ1v) is 7.02. The van der Waals surface area contributed by atoms with Crippen molar-refractivity contribution in [2.45, 2.75) is 32.4 Å². The van der Waals surface area contributed by atoms with Gasteiger partial charge in [-0.05, 0) is 37.5 Å². The predicted octanol–water partition coefficient (Wildman–Crippen LogP) is 1.46. The highest BCUT2D eigenvalue weighted by molar-refractivity contribution is 5.77. The average molecular weight is 278 g/mol. The lowest BCUT2D eigenvalue weighted by Crippen LogP contribution is -2.28. The van der Waals surface area contributed by atoms with Crippen LogP contribution in [0.4, 0.5) is 0 Å². The number of hydrogen-bond donors (Lipinski definition) is 2. The summed E-state index contributed by atoms with van der Waals surface area (Å²) in [6.07, 6.45) is 2.52. The Labute approximate surface area is 119 Å². The average Bonchev–Trinajstić information content (AvgIpc) is 3.27. The van der Waals surface area contributed by atoms with Crippen LogP contribution in [0.15, 0.2) is 18.2 Å². The van der Waals surface area contributed by atoms with Gasteiger partial charge in [0.05, 0.1) is 7.11 Å². The zero-order valence-corrected chi connectivity index (χ0v) is 12.1. The van der Waals surface area contributed by atoms with Gasteiger partial charge in [0.2, 0.25) is 0 Å². The summed E-state index contributed by atoms with van der Waals surface area (Å²) in [4.78, 5) is 11.4. The first-order valence-electron chi connectivity index (χ1n) is 7.02. The van der Waals surface area contributed by atoms with Crippen LogP contribution in [0.5, 0.6) is 11.5 Å². The van der Waals surface area contributed by atoms with Crippen molar-refractivity contribution >= 4 is 5.91 Å². The van der Waals surface area contributed by atoms with Crippen molar-refractivity contribution in [2.75, 3.05) is 20.3 Å². The van der Waals surface area contributed by atoms with Gasteiger partial charge in [-0.1, -0.05) is 6.07 Å². The van der Waals surface area contributed by atoms with Crippen LogP contribution in [0, 0.1) is 0 Å². The van der Waals surface area contributed by atoms with E-state index in [1.54, 1.807) is 7.11 Å². The summed E-state index contributed by atoms with van der Waals surface area (Å²) in [6, 6.07) is 6.47. The Balaban J connectivity index is 1.95. The fourth-order valence-electron chi connectivity index (χ4n) is 1.89. The van der Waals surface area contributed by atoms with Crippen molar-refractivity contribution in [3.8, 4) is 11.5 Å². The van der Waals surface area contributed by atoms with Gasteiger partial charge in [0, 0.05) is 19.1 Å². The molecule has 0 spiro atoms. The third-order valence-electron chi connectivity index (χ3n) is 3.13. The van der Waals surface area contributed by atoms with Gasteiger partial charge in [0.1, 0.15) is 0 Å². The van der Waals surface area contributed by atoms with Gasteiger partial charge in [-0.25, -0.2) is 0 Å². The molecule has 1 saturated carbocycles. The largest absolute Gasteiger partial charge is 0.493 e. The molecule has 0 bridgehead atoms. The molecule has 0 unspecified atom stereocenters. The van der Waals surface area contributed by atoms with Crippen LogP contribution in [0.2, 0.25) is 0 Å². The van der Waals surface area contributed by atoms with Crippen molar-refractivity contribution in [2.24, 2.45) is 0 Å². The monoisotopic (exact) mass is 278 g/mol. The Kier molecular flexibility index (Phi) is 5.24. The number of rotatable bonds is 8. The minimum absolute atomic E-state index is 0.00368. The number of methoxy groups -OCH3 is 1. The van der Waals surface area contributed by atoms with Crippen molar-refractivity contribution in [3.05, 3.63) is 23.8 Å². The van der Waals surface area contributed by atoms with Gasteiger partial charge in [-0.15, -0.1) is 0 Å². The number of likely N-dealkylation sites (N-methyl/N-ethyl adjacent to an activating group) is 1. The molecule has 1 aliphatic rings. The molecular weight excluding hydrogens is 256 g/mol. The summed E-state index contributed by atoms with van der Waals surface area (Å²) in [5.74, 6) is 1.12. The molecule has 2 N–H and O–H groups in total. The first-order chi connectivity index (χ1) is 9.72. The quantitative estimate of drug-likeness (QED) is 0.756. The number of carbonyl (C=O) groups is 1. The highest BCUT2D eigenvalue weighted by Gasteiger charge is 2.20. The number of ether oxygens (including phenoxy) is 2. The van der Waals surface area contributed by atoms with Crippen LogP contribution in [-0.4, -0.2) is 32.2 Å². The topological polar surface area (TPSA) is 59.6 Å². The van der Waals surface area contributed by atoms with Crippen LogP contribution in [0.1, 0.15) is 25.3 Å². The Hall–Kier alpha value is -1.75. The van der Waals surface area contributed by atoms with Crippen molar-refractivity contribution in [1.82, 2.24) is 10.6 Å². The van der Waals surface area contributed by atoms with Gasteiger partial charge in [-0.3, -0.25) is 4.79 Å². The molecule has 1 amide bonds. The SMILES string of the molecule is CCNC(=O)COc1cc(CNC2CC2)ccc1OC. The highest BCUT2D eigenvalue weighted by atomic mass is 16.5. The molecular formula is C15H22N2O3. The van der Waals surface area contributed by atoms with E-state index in [0.717, 1.165) is 12.1 Å². The lowest BCUT2D eigenvalue weighted by atomic mass is 10.2. The van der Waals surface area contributed by atoms with E-state index < -0.39 is 0 Å². The number of amides is 1. The van der Waals surface area contributed by atoms with Gasteiger partial charge in [-0.2, -0.15) is 0 Å². The zero-order chi connectivity index (χ0) is 14.4. The molecule has 0 radical (unpaired) electrons. The Morgan fingerprint density at radius 1 is 1.35 bits per heavy atom. The first kappa shape index (κ1) is 14.7. The van der Waals surface area contributed by atoms with E-state index >= 15 is 0 Å². The highest BCUT2D eigenvalue weighted by Crippen LogP contribution is 2.28. The number of hydrogen-bond acceptors (Lipinski definition) is 4. The number of nitrogens with one attached hydrogen (secondary N) is 2. The van der Waals surface area contributed by atoms with Crippen molar-refractivity contribution < 1.29 is 14.3 Å². The summed E-state index contributed by atoms with van der Waals surface area (Å²) in [6.45, 7) is 3.29. The Morgan fingerprint density at radius 3 is 2.80 bits per heavy atom. The third-order valence-corrected chi connectivity index (χ3v) is 3.13. The molecule has 5 nitrogen and oxygen atoms in total. The van der Waals surface area contributed by atoms with E-state index in [1.807, 2.05) is 25.1 Å². The molecule has 1 aromatic rings. The van der Waals surface area contributed by atoms with Crippen molar-refractivity contribution in [1.29, 1.82) is 0 Å². The summed E-state index contributed by atoms with van der Waals surface area (Å²) < 4.78 is 10.8.